The molecule has 0 unspecified atom stereocenters. The predicted octanol–water partition coefficient (Wildman–Crippen LogP) is 1.67. The first-order valence-corrected chi connectivity index (χ1v) is 4.09. The fraction of sp³-hybridized carbons (Fsp3) is 0.286. The largest absolute Gasteiger partial charge is 0.451 e. The molecule has 0 atom stereocenters. The average molecular weight is 240 g/mol. The second-order valence-electron chi connectivity index (χ2n) is 2.47. The van der Waals surface area contributed by atoms with E-state index in [1.54, 1.807) is 0 Å². The zero-order valence-electron chi connectivity index (χ0n) is 7.18. The predicted molar refractivity (Wildman–Crippen MR) is 46.6 cm³/mol. The van der Waals surface area contributed by atoms with Gasteiger partial charge >= 0.3 is 6.18 Å². The monoisotopic (exact) mass is 239 g/mol. The summed E-state index contributed by atoms with van der Waals surface area (Å²) in [4.78, 5) is 17.6. The van der Waals surface area contributed by atoms with Gasteiger partial charge < -0.3 is 5.32 Å². The Kier molecular flexibility index (Phi) is 3.46. The van der Waals surface area contributed by atoms with Gasteiger partial charge in [0, 0.05) is 12.4 Å². The Morgan fingerprint density at radius 1 is 1.40 bits per heavy atom. The van der Waals surface area contributed by atoms with Crippen LogP contribution in [-0.4, -0.2) is 28.5 Å². The van der Waals surface area contributed by atoms with Crippen molar-refractivity contribution in [3.05, 3.63) is 17.5 Å². The van der Waals surface area contributed by atoms with Crippen LogP contribution in [0.1, 0.15) is 0 Å². The molecule has 0 bridgehead atoms. The molecule has 0 aromatic carbocycles. The van der Waals surface area contributed by atoms with Gasteiger partial charge in [-0.15, -0.1) is 0 Å². The minimum absolute atomic E-state index is 0.0585. The summed E-state index contributed by atoms with van der Waals surface area (Å²) in [6.45, 7) is -0.915. The summed E-state index contributed by atoms with van der Waals surface area (Å²) < 4.78 is 35.4. The third-order valence-electron chi connectivity index (χ3n) is 1.39. The Hall–Kier alpha value is -1.37. The Morgan fingerprint density at radius 2 is 2.00 bits per heavy atom. The highest BCUT2D eigenvalue weighted by atomic mass is 35.5. The number of nitrogens with one attached hydrogen (secondary N) is 1. The van der Waals surface area contributed by atoms with Crippen LogP contribution >= 0.6 is 11.6 Å². The average Bonchev–Trinajstić information content (AvgIpc) is 2.14. The highest BCUT2D eigenvalue weighted by molar-refractivity contribution is 6.31. The molecule has 0 spiro atoms. The summed E-state index contributed by atoms with van der Waals surface area (Å²) in [7, 11) is 0. The van der Waals surface area contributed by atoms with Crippen LogP contribution in [-0.2, 0) is 4.79 Å². The van der Waals surface area contributed by atoms with Gasteiger partial charge in [0.2, 0.25) is 0 Å². The van der Waals surface area contributed by atoms with E-state index < -0.39 is 18.5 Å². The normalized spacial score (nSPS) is 11.2. The lowest BCUT2D eigenvalue weighted by molar-refractivity contribution is -0.168. The highest BCUT2D eigenvalue weighted by Crippen LogP contribution is 2.18. The van der Waals surface area contributed by atoms with E-state index in [4.69, 9.17) is 11.6 Å². The van der Waals surface area contributed by atoms with E-state index in [1.165, 1.54) is 12.4 Å². The first-order chi connectivity index (χ1) is 6.91. The van der Waals surface area contributed by atoms with Gasteiger partial charge in [-0.05, 0) is 0 Å². The van der Waals surface area contributed by atoms with Crippen molar-refractivity contribution in [1.29, 1.82) is 0 Å². The first-order valence-electron chi connectivity index (χ1n) is 3.71. The van der Waals surface area contributed by atoms with E-state index >= 15 is 0 Å². The minimum Gasteiger partial charge on any atom is -0.360 e. The van der Waals surface area contributed by atoms with Crippen molar-refractivity contribution in [3.63, 3.8) is 0 Å². The maximum absolute atomic E-state index is 11.8. The molecule has 1 heterocycles. The molecular weight excluding hydrogens is 235 g/mol. The zero-order valence-corrected chi connectivity index (χ0v) is 7.93. The molecule has 0 saturated heterocycles. The number of hydrogen-bond donors (Lipinski definition) is 1. The standard InChI is InChI=1S/C7H5ClF3N3O/c8-5-6(13-2-1-12-5)14-3-4(15)7(9,10)11/h1-2H,3H2,(H,13,14). The van der Waals surface area contributed by atoms with Crippen LogP contribution in [0.2, 0.25) is 5.15 Å². The SMILES string of the molecule is O=C(CNc1nccnc1Cl)C(F)(F)F. The van der Waals surface area contributed by atoms with Crippen molar-refractivity contribution < 1.29 is 18.0 Å². The van der Waals surface area contributed by atoms with Crippen LogP contribution in [0, 0.1) is 0 Å². The van der Waals surface area contributed by atoms with E-state index in [1.807, 2.05) is 0 Å². The van der Waals surface area contributed by atoms with E-state index in [2.05, 4.69) is 15.3 Å². The third-order valence-corrected chi connectivity index (χ3v) is 1.66. The summed E-state index contributed by atoms with van der Waals surface area (Å²) in [6, 6.07) is 0. The van der Waals surface area contributed by atoms with Crippen LogP contribution in [0.3, 0.4) is 0 Å². The lowest BCUT2D eigenvalue weighted by Gasteiger charge is -2.07. The fourth-order valence-electron chi connectivity index (χ4n) is 0.704. The van der Waals surface area contributed by atoms with Gasteiger partial charge in [-0.25, -0.2) is 9.97 Å². The number of nitrogens with zero attached hydrogens (tertiary/aromatic N) is 2. The number of halogens is 4. The van der Waals surface area contributed by atoms with Crippen LogP contribution in [0.25, 0.3) is 0 Å². The maximum Gasteiger partial charge on any atom is 0.451 e. The van der Waals surface area contributed by atoms with Gasteiger partial charge in [0.05, 0.1) is 6.54 Å². The number of anilines is 1. The van der Waals surface area contributed by atoms with Crippen molar-refractivity contribution in [2.24, 2.45) is 0 Å². The van der Waals surface area contributed by atoms with Crippen molar-refractivity contribution in [1.82, 2.24) is 9.97 Å². The molecule has 4 nitrogen and oxygen atoms in total. The number of Topliss-reactive ketones (excluding diaryl/α,β-unsaturated/α-hetero) is 1. The quantitative estimate of drug-likeness (QED) is 0.872. The number of aromatic nitrogens is 2. The van der Waals surface area contributed by atoms with Crippen LogP contribution in [0.15, 0.2) is 12.4 Å². The number of carbonyl (C=O) groups is 1. The number of carbonyl (C=O) groups excluding carboxylic acids is 1. The number of rotatable bonds is 3. The Balaban J connectivity index is 2.59. The highest BCUT2D eigenvalue weighted by Gasteiger charge is 2.37. The molecular formula is C7H5ClF3N3O. The summed E-state index contributed by atoms with van der Waals surface area (Å²) in [6.07, 6.45) is -2.34. The van der Waals surface area contributed by atoms with Crippen LogP contribution in [0.5, 0.6) is 0 Å². The van der Waals surface area contributed by atoms with Crippen molar-refractivity contribution >= 4 is 23.2 Å². The van der Waals surface area contributed by atoms with Crippen molar-refractivity contribution in [3.8, 4) is 0 Å². The van der Waals surface area contributed by atoms with Gasteiger partial charge in [0.15, 0.2) is 11.0 Å². The smallest absolute Gasteiger partial charge is 0.360 e. The maximum atomic E-state index is 11.8. The number of hydrogen-bond acceptors (Lipinski definition) is 4. The fourth-order valence-corrected chi connectivity index (χ4v) is 0.876. The van der Waals surface area contributed by atoms with Gasteiger partial charge in [-0.2, -0.15) is 13.2 Å². The summed E-state index contributed by atoms with van der Waals surface area (Å²) in [5.41, 5.74) is 0. The van der Waals surface area contributed by atoms with Crippen molar-refractivity contribution in [2.75, 3.05) is 11.9 Å². The van der Waals surface area contributed by atoms with Crippen LogP contribution < -0.4 is 5.32 Å². The van der Waals surface area contributed by atoms with E-state index in [9.17, 15) is 18.0 Å². The Morgan fingerprint density at radius 3 is 2.53 bits per heavy atom. The van der Waals surface area contributed by atoms with E-state index in [0.717, 1.165) is 0 Å². The molecule has 0 aliphatic carbocycles. The van der Waals surface area contributed by atoms with Gasteiger partial charge in [-0.1, -0.05) is 11.6 Å². The molecule has 1 aromatic heterocycles. The molecule has 0 radical (unpaired) electrons. The van der Waals surface area contributed by atoms with Gasteiger partial charge in [0.25, 0.3) is 5.78 Å². The lowest BCUT2D eigenvalue weighted by Crippen LogP contribution is -2.29. The Bertz CT molecular complexity index is 369. The molecule has 1 N–H and O–H groups in total. The molecule has 1 aromatic rings. The molecule has 0 amide bonds. The number of ketones is 1. The van der Waals surface area contributed by atoms with Crippen LogP contribution in [0.4, 0.5) is 19.0 Å². The second-order valence-corrected chi connectivity index (χ2v) is 2.83. The molecule has 0 aliphatic heterocycles. The molecule has 82 valence electrons. The molecule has 1 rings (SSSR count). The Labute approximate surface area is 87.5 Å². The molecule has 0 fully saturated rings. The summed E-state index contributed by atoms with van der Waals surface area (Å²) in [5, 5.41) is 2.05. The summed E-state index contributed by atoms with van der Waals surface area (Å²) in [5.74, 6) is -1.96. The third kappa shape index (κ3) is 3.35. The first kappa shape index (κ1) is 11.7. The van der Waals surface area contributed by atoms with Gasteiger partial charge in [-0.3, -0.25) is 4.79 Å². The van der Waals surface area contributed by atoms with E-state index in [0.29, 0.717) is 0 Å². The minimum atomic E-state index is -4.86. The zero-order chi connectivity index (χ0) is 11.5. The van der Waals surface area contributed by atoms with Crippen molar-refractivity contribution in [2.45, 2.75) is 6.18 Å². The number of alkyl halides is 3. The second kappa shape index (κ2) is 4.43. The molecule has 0 saturated carbocycles. The van der Waals surface area contributed by atoms with Gasteiger partial charge in [0.1, 0.15) is 0 Å². The topological polar surface area (TPSA) is 54.9 Å². The molecule has 8 heteroatoms. The summed E-state index contributed by atoms with van der Waals surface area (Å²) >= 11 is 5.49. The van der Waals surface area contributed by atoms with E-state index in [-0.39, 0.29) is 11.0 Å². The molecule has 15 heavy (non-hydrogen) atoms. The molecule has 0 aliphatic rings. The lowest BCUT2D eigenvalue weighted by atomic mass is 10.4.